The van der Waals surface area contributed by atoms with Crippen LogP contribution in [-0.2, 0) is 11.3 Å². The fraction of sp³-hybridized carbons (Fsp3) is 0.600. The van der Waals surface area contributed by atoms with E-state index in [2.05, 4.69) is 41.4 Å². The van der Waals surface area contributed by atoms with Gasteiger partial charge >= 0.3 is 0 Å². The Bertz CT molecular complexity index is 350. The van der Waals surface area contributed by atoms with Gasteiger partial charge in [0.05, 0.1) is 6.61 Å². The van der Waals surface area contributed by atoms with Crippen LogP contribution in [0.4, 0.5) is 5.69 Å². The second-order valence-corrected chi connectivity index (χ2v) is 4.96. The van der Waals surface area contributed by atoms with Crippen molar-refractivity contribution in [3.63, 3.8) is 0 Å². The molecule has 1 aromatic rings. The van der Waals surface area contributed by atoms with Crippen LogP contribution >= 0.6 is 0 Å². The van der Waals surface area contributed by atoms with E-state index in [0.717, 1.165) is 19.6 Å². The molecule has 0 bridgehead atoms. The zero-order chi connectivity index (χ0) is 12.8. The molecule has 0 aliphatic carbocycles. The molecule has 0 saturated carbocycles. The molecule has 0 amide bonds. The van der Waals surface area contributed by atoms with Gasteiger partial charge in [0.2, 0.25) is 0 Å². The Morgan fingerprint density at radius 2 is 2.11 bits per heavy atom. The van der Waals surface area contributed by atoms with Crippen molar-refractivity contribution in [3.05, 3.63) is 29.8 Å². The summed E-state index contributed by atoms with van der Waals surface area (Å²) >= 11 is 0. The van der Waals surface area contributed by atoms with Crippen LogP contribution < -0.4 is 10.2 Å². The van der Waals surface area contributed by atoms with E-state index in [0.29, 0.717) is 12.6 Å². The summed E-state index contributed by atoms with van der Waals surface area (Å²) < 4.78 is 5.14. The van der Waals surface area contributed by atoms with Crippen molar-refractivity contribution in [2.75, 3.05) is 31.6 Å². The number of anilines is 1. The maximum absolute atomic E-state index is 5.14. The summed E-state index contributed by atoms with van der Waals surface area (Å²) in [5.74, 6) is 0. The lowest BCUT2D eigenvalue weighted by Gasteiger charge is -2.26. The van der Waals surface area contributed by atoms with Gasteiger partial charge in [-0.2, -0.15) is 0 Å². The zero-order valence-corrected chi connectivity index (χ0v) is 11.5. The van der Waals surface area contributed by atoms with Crippen molar-refractivity contribution in [2.24, 2.45) is 0 Å². The zero-order valence-electron chi connectivity index (χ0n) is 11.5. The minimum atomic E-state index is 0.617. The summed E-state index contributed by atoms with van der Waals surface area (Å²) in [5, 5.41) is 3.60. The monoisotopic (exact) mass is 248 g/mol. The van der Waals surface area contributed by atoms with Gasteiger partial charge in [-0.3, -0.25) is 0 Å². The van der Waals surface area contributed by atoms with Crippen LogP contribution in [-0.4, -0.2) is 32.8 Å². The molecule has 0 spiro atoms. The quantitative estimate of drug-likeness (QED) is 0.885. The predicted molar refractivity (Wildman–Crippen MR) is 76.1 cm³/mol. The predicted octanol–water partition coefficient (Wildman–Crippen LogP) is 2.41. The molecular weight excluding hydrogens is 224 g/mol. The highest BCUT2D eigenvalue weighted by atomic mass is 16.5. The third-order valence-corrected chi connectivity index (χ3v) is 3.58. The van der Waals surface area contributed by atoms with Crippen molar-refractivity contribution >= 4 is 5.69 Å². The van der Waals surface area contributed by atoms with Gasteiger partial charge in [0, 0.05) is 31.9 Å². The van der Waals surface area contributed by atoms with Crippen LogP contribution in [0.15, 0.2) is 24.3 Å². The molecule has 1 N–H and O–H groups in total. The minimum Gasteiger partial charge on any atom is -0.380 e. The number of rotatable bonds is 4. The smallest absolute Gasteiger partial charge is 0.0713 e. The number of nitrogens with one attached hydrogen (secondary N) is 1. The van der Waals surface area contributed by atoms with Crippen molar-refractivity contribution in [2.45, 2.75) is 32.4 Å². The Balaban J connectivity index is 2.04. The van der Waals surface area contributed by atoms with Crippen LogP contribution in [0.2, 0.25) is 0 Å². The molecule has 0 aromatic heterocycles. The fourth-order valence-corrected chi connectivity index (χ4v) is 2.48. The molecule has 1 saturated heterocycles. The van der Waals surface area contributed by atoms with Crippen LogP contribution in [0, 0.1) is 0 Å². The van der Waals surface area contributed by atoms with E-state index < -0.39 is 0 Å². The molecule has 100 valence electrons. The van der Waals surface area contributed by atoms with Crippen LogP contribution in [0.3, 0.4) is 0 Å². The SMILES string of the molecule is CCC1CN(c2ccc(COC)cc2)CCCN1. The molecule has 1 atom stereocenters. The van der Waals surface area contributed by atoms with E-state index in [-0.39, 0.29) is 0 Å². The molecule has 1 fully saturated rings. The van der Waals surface area contributed by atoms with Gasteiger partial charge in [0.15, 0.2) is 0 Å². The first kappa shape index (κ1) is 13.4. The van der Waals surface area contributed by atoms with E-state index in [9.17, 15) is 0 Å². The lowest BCUT2D eigenvalue weighted by atomic mass is 10.1. The van der Waals surface area contributed by atoms with E-state index in [1.54, 1.807) is 7.11 Å². The molecule has 1 aliphatic heterocycles. The van der Waals surface area contributed by atoms with Crippen molar-refractivity contribution < 1.29 is 4.74 Å². The Morgan fingerprint density at radius 1 is 1.33 bits per heavy atom. The first-order chi connectivity index (χ1) is 8.83. The summed E-state index contributed by atoms with van der Waals surface area (Å²) in [7, 11) is 1.74. The Hall–Kier alpha value is -1.06. The molecule has 3 nitrogen and oxygen atoms in total. The first-order valence-electron chi connectivity index (χ1n) is 6.89. The standard InChI is InChI=1S/C15H24N2O/c1-3-14-11-17(10-4-9-16-14)15-7-5-13(6-8-15)12-18-2/h5-8,14,16H,3-4,9-12H2,1-2H3. The van der Waals surface area contributed by atoms with Gasteiger partial charge in [-0.05, 0) is 37.1 Å². The van der Waals surface area contributed by atoms with Crippen molar-refractivity contribution in [1.29, 1.82) is 0 Å². The Kier molecular flexibility index (Phi) is 5.02. The summed E-state index contributed by atoms with van der Waals surface area (Å²) in [6.45, 7) is 6.34. The summed E-state index contributed by atoms with van der Waals surface area (Å²) in [5.41, 5.74) is 2.57. The molecule has 1 aromatic carbocycles. The molecular formula is C15H24N2O. The van der Waals surface area contributed by atoms with Gasteiger partial charge < -0.3 is 15.0 Å². The number of nitrogens with zero attached hydrogens (tertiary/aromatic N) is 1. The molecule has 0 radical (unpaired) electrons. The second kappa shape index (κ2) is 6.76. The number of hydrogen-bond donors (Lipinski definition) is 1. The first-order valence-corrected chi connectivity index (χ1v) is 6.89. The molecule has 1 aliphatic rings. The Labute approximate surface area is 110 Å². The van der Waals surface area contributed by atoms with Crippen LogP contribution in [0.5, 0.6) is 0 Å². The maximum atomic E-state index is 5.14. The van der Waals surface area contributed by atoms with Crippen molar-refractivity contribution in [3.8, 4) is 0 Å². The average molecular weight is 248 g/mol. The van der Waals surface area contributed by atoms with Crippen molar-refractivity contribution in [1.82, 2.24) is 5.32 Å². The van der Waals surface area contributed by atoms with Gasteiger partial charge in [-0.15, -0.1) is 0 Å². The summed E-state index contributed by atoms with van der Waals surface area (Å²) in [6.07, 6.45) is 2.41. The molecule has 3 heteroatoms. The number of benzene rings is 1. The highest BCUT2D eigenvalue weighted by Gasteiger charge is 2.16. The van der Waals surface area contributed by atoms with Crippen LogP contribution in [0.1, 0.15) is 25.3 Å². The van der Waals surface area contributed by atoms with E-state index in [4.69, 9.17) is 4.74 Å². The molecule has 1 unspecified atom stereocenters. The normalized spacial score (nSPS) is 20.8. The van der Waals surface area contributed by atoms with Gasteiger partial charge in [-0.1, -0.05) is 19.1 Å². The Morgan fingerprint density at radius 3 is 2.78 bits per heavy atom. The fourth-order valence-electron chi connectivity index (χ4n) is 2.48. The van der Waals surface area contributed by atoms with Gasteiger partial charge in [0.1, 0.15) is 0 Å². The van der Waals surface area contributed by atoms with Gasteiger partial charge in [0.25, 0.3) is 0 Å². The second-order valence-electron chi connectivity index (χ2n) is 4.96. The van der Waals surface area contributed by atoms with Gasteiger partial charge in [-0.25, -0.2) is 0 Å². The molecule has 18 heavy (non-hydrogen) atoms. The highest BCUT2D eigenvalue weighted by Crippen LogP contribution is 2.18. The third kappa shape index (κ3) is 3.47. The highest BCUT2D eigenvalue weighted by molar-refractivity contribution is 5.48. The largest absolute Gasteiger partial charge is 0.380 e. The molecule has 1 heterocycles. The average Bonchev–Trinajstić information content (AvgIpc) is 2.65. The lowest BCUT2D eigenvalue weighted by molar-refractivity contribution is 0.185. The third-order valence-electron chi connectivity index (χ3n) is 3.58. The van der Waals surface area contributed by atoms with E-state index in [1.807, 2.05) is 0 Å². The number of hydrogen-bond acceptors (Lipinski definition) is 3. The maximum Gasteiger partial charge on any atom is 0.0713 e. The van der Waals surface area contributed by atoms with E-state index >= 15 is 0 Å². The minimum absolute atomic E-state index is 0.617. The topological polar surface area (TPSA) is 24.5 Å². The lowest BCUT2D eigenvalue weighted by Crippen LogP contribution is -2.37. The van der Waals surface area contributed by atoms with E-state index in [1.165, 1.54) is 24.1 Å². The summed E-state index contributed by atoms with van der Waals surface area (Å²) in [4.78, 5) is 2.49. The molecule has 2 rings (SSSR count). The summed E-state index contributed by atoms with van der Waals surface area (Å²) in [6, 6.07) is 9.38. The number of methoxy groups -OCH3 is 1. The number of ether oxygens (including phenoxy) is 1. The van der Waals surface area contributed by atoms with Crippen LogP contribution in [0.25, 0.3) is 0 Å².